The number of nitrogens with zero attached hydrogens (tertiary/aromatic N) is 1. The molecular formula is C22H27FN2O2. The molecule has 3 rings (SSSR count). The maximum Gasteiger partial charge on any atom is 0.217 e. The standard InChI is InChI=1S/C22H27FN2O2/c23-20-3-1-2-19(22(20)27)15-25-12-10-18(11-13-25)14-17-6-4-16(5-7-17)8-9-21(24)26/h1-7,18,27H,8-15H2,(H2,24,26). The summed E-state index contributed by atoms with van der Waals surface area (Å²) in [5.74, 6) is -0.408. The molecule has 1 fully saturated rings. The van der Waals surface area contributed by atoms with Crippen molar-refractivity contribution in [3.8, 4) is 5.75 Å². The first-order chi connectivity index (χ1) is 13.0. The van der Waals surface area contributed by atoms with Crippen molar-refractivity contribution in [2.75, 3.05) is 13.1 Å². The summed E-state index contributed by atoms with van der Waals surface area (Å²) in [6.45, 7) is 2.50. The number of likely N-dealkylation sites (tertiary alicyclic amines) is 1. The van der Waals surface area contributed by atoms with Crippen LogP contribution in [-0.2, 0) is 24.2 Å². The van der Waals surface area contributed by atoms with Crippen molar-refractivity contribution >= 4 is 5.91 Å². The van der Waals surface area contributed by atoms with Gasteiger partial charge in [-0.1, -0.05) is 36.4 Å². The third kappa shape index (κ3) is 5.54. The van der Waals surface area contributed by atoms with Crippen LogP contribution in [0.1, 0.15) is 36.0 Å². The van der Waals surface area contributed by atoms with E-state index < -0.39 is 5.82 Å². The van der Waals surface area contributed by atoms with E-state index in [1.165, 1.54) is 11.6 Å². The Kier molecular flexibility index (Phi) is 6.45. The van der Waals surface area contributed by atoms with Crippen LogP contribution >= 0.6 is 0 Å². The summed E-state index contributed by atoms with van der Waals surface area (Å²) in [6.07, 6.45) is 4.33. The van der Waals surface area contributed by atoms with E-state index in [1.807, 2.05) is 0 Å². The van der Waals surface area contributed by atoms with Gasteiger partial charge in [0.1, 0.15) is 0 Å². The molecule has 0 aromatic heterocycles. The van der Waals surface area contributed by atoms with Gasteiger partial charge in [-0.15, -0.1) is 0 Å². The minimum atomic E-state index is -0.554. The Hall–Kier alpha value is -2.40. The number of rotatable bonds is 7. The highest BCUT2D eigenvalue weighted by molar-refractivity contribution is 5.73. The molecule has 144 valence electrons. The first-order valence-electron chi connectivity index (χ1n) is 9.56. The molecule has 0 unspecified atom stereocenters. The van der Waals surface area contributed by atoms with E-state index in [4.69, 9.17) is 5.73 Å². The van der Waals surface area contributed by atoms with Gasteiger partial charge in [-0.2, -0.15) is 0 Å². The number of halogens is 1. The zero-order valence-electron chi connectivity index (χ0n) is 15.5. The molecule has 0 saturated carbocycles. The smallest absolute Gasteiger partial charge is 0.217 e. The molecule has 27 heavy (non-hydrogen) atoms. The number of carbonyl (C=O) groups excluding carboxylic acids is 1. The quantitative estimate of drug-likeness (QED) is 0.785. The molecule has 1 aliphatic heterocycles. The van der Waals surface area contributed by atoms with E-state index in [-0.39, 0.29) is 11.7 Å². The van der Waals surface area contributed by atoms with Crippen LogP contribution in [0.3, 0.4) is 0 Å². The third-order valence-electron chi connectivity index (χ3n) is 5.38. The second-order valence-electron chi connectivity index (χ2n) is 7.45. The average molecular weight is 370 g/mol. The number of piperidine rings is 1. The van der Waals surface area contributed by atoms with Crippen molar-refractivity contribution in [3.05, 3.63) is 65.0 Å². The molecule has 0 radical (unpaired) electrons. The molecular weight excluding hydrogens is 343 g/mol. The van der Waals surface area contributed by atoms with E-state index in [9.17, 15) is 14.3 Å². The fourth-order valence-corrected chi connectivity index (χ4v) is 3.72. The minimum absolute atomic E-state index is 0.226. The number of hydrogen-bond donors (Lipinski definition) is 2. The number of phenolic OH excluding ortho intramolecular Hbond substituents is 1. The van der Waals surface area contributed by atoms with Crippen LogP contribution in [0.25, 0.3) is 0 Å². The number of hydrogen-bond acceptors (Lipinski definition) is 3. The molecule has 4 nitrogen and oxygen atoms in total. The van der Waals surface area contributed by atoms with Gasteiger partial charge in [-0.25, -0.2) is 4.39 Å². The fourth-order valence-electron chi connectivity index (χ4n) is 3.72. The maximum absolute atomic E-state index is 13.5. The summed E-state index contributed by atoms with van der Waals surface area (Å²) in [6, 6.07) is 13.2. The molecule has 2 aromatic carbocycles. The summed E-state index contributed by atoms with van der Waals surface area (Å²) in [5, 5.41) is 9.84. The Balaban J connectivity index is 1.46. The molecule has 2 aromatic rings. The lowest BCUT2D eigenvalue weighted by Gasteiger charge is -2.32. The number of primary amides is 1. The van der Waals surface area contributed by atoms with Gasteiger partial charge in [0.2, 0.25) is 5.91 Å². The lowest BCUT2D eigenvalue weighted by molar-refractivity contribution is -0.117. The van der Waals surface area contributed by atoms with Gasteiger partial charge in [-0.3, -0.25) is 9.69 Å². The average Bonchev–Trinajstić information content (AvgIpc) is 2.66. The lowest BCUT2D eigenvalue weighted by atomic mass is 9.89. The van der Waals surface area contributed by atoms with E-state index in [2.05, 4.69) is 29.2 Å². The first kappa shape index (κ1) is 19.4. The summed E-state index contributed by atoms with van der Waals surface area (Å²) < 4.78 is 13.5. The zero-order chi connectivity index (χ0) is 19.2. The van der Waals surface area contributed by atoms with Crippen molar-refractivity contribution in [1.82, 2.24) is 4.90 Å². The molecule has 1 saturated heterocycles. The number of phenols is 1. The summed E-state index contributed by atoms with van der Waals surface area (Å²) in [4.78, 5) is 13.1. The predicted octanol–water partition coefficient (Wildman–Crippen LogP) is 3.40. The molecule has 3 N–H and O–H groups in total. The molecule has 0 spiro atoms. The Labute approximate surface area is 159 Å². The maximum atomic E-state index is 13.5. The second kappa shape index (κ2) is 9.00. The van der Waals surface area contributed by atoms with Crippen LogP contribution in [-0.4, -0.2) is 29.0 Å². The summed E-state index contributed by atoms with van der Waals surface area (Å²) in [5.41, 5.74) is 8.31. The molecule has 5 heteroatoms. The van der Waals surface area contributed by atoms with Gasteiger partial charge in [0.05, 0.1) is 0 Å². The van der Waals surface area contributed by atoms with Crippen LogP contribution < -0.4 is 5.73 Å². The number of aromatic hydroxyl groups is 1. The molecule has 0 atom stereocenters. The number of aryl methyl sites for hydroxylation is 1. The van der Waals surface area contributed by atoms with Crippen LogP contribution in [0.4, 0.5) is 4.39 Å². The number of carbonyl (C=O) groups is 1. The van der Waals surface area contributed by atoms with Gasteiger partial charge in [0, 0.05) is 18.5 Å². The lowest BCUT2D eigenvalue weighted by Crippen LogP contribution is -2.33. The summed E-state index contributed by atoms with van der Waals surface area (Å²) in [7, 11) is 0. The van der Waals surface area contributed by atoms with E-state index in [1.54, 1.807) is 12.1 Å². The van der Waals surface area contributed by atoms with Gasteiger partial charge in [-0.05, 0) is 61.9 Å². The Morgan fingerprint density at radius 2 is 1.78 bits per heavy atom. The Morgan fingerprint density at radius 1 is 1.11 bits per heavy atom. The van der Waals surface area contributed by atoms with E-state index >= 15 is 0 Å². The molecule has 1 amide bonds. The van der Waals surface area contributed by atoms with Crippen LogP contribution in [0.2, 0.25) is 0 Å². The topological polar surface area (TPSA) is 66.6 Å². The van der Waals surface area contributed by atoms with Crippen LogP contribution in [0.15, 0.2) is 42.5 Å². The predicted molar refractivity (Wildman–Crippen MR) is 104 cm³/mol. The van der Waals surface area contributed by atoms with E-state index in [0.717, 1.165) is 37.9 Å². The van der Waals surface area contributed by atoms with Crippen LogP contribution in [0, 0.1) is 11.7 Å². The SMILES string of the molecule is NC(=O)CCc1ccc(CC2CCN(Cc3cccc(F)c3O)CC2)cc1. The van der Waals surface area contributed by atoms with Gasteiger partial charge in [0.25, 0.3) is 0 Å². The Bertz CT molecular complexity index is 768. The molecule has 1 heterocycles. The van der Waals surface area contributed by atoms with Crippen molar-refractivity contribution in [2.24, 2.45) is 11.7 Å². The first-order valence-corrected chi connectivity index (χ1v) is 9.56. The van der Waals surface area contributed by atoms with Crippen molar-refractivity contribution in [1.29, 1.82) is 0 Å². The number of nitrogens with two attached hydrogens (primary N) is 1. The van der Waals surface area contributed by atoms with Gasteiger partial charge >= 0.3 is 0 Å². The highest BCUT2D eigenvalue weighted by atomic mass is 19.1. The highest BCUT2D eigenvalue weighted by Crippen LogP contribution is 2.26. The number of para-hydroxylation sites is 1. The Morgan fingerprint density at radius 3 is 2.44 bits per heavy atom. The summed E-state index contributed by atoms with van der Waals surface area (Å²) >= 11 is 0. The van der Waals surface area contributed by atoms with Crippen molar-refractivity contribution < 1.29 is 14.3 Å². The monoisotopic (exact) mass is 370 g/mol. The molecule has 0 aliphatic carbocycles. The highest BCUT2D eigenvalue weighted by Gasteiger charge is 2.20. The largest absolute Gasteiger partial charge is 0.505 e. The van der Waals surface area contributed by atoms with E-state index in [0.29, 0.717) is 30.9 Å². The van der Waals surface area contributed by atoms with Gasteiger partial charge < -0.3 is 10.8 Å². The second-order valence-corrected chi connectivity index (χ2v) is 7.45. The number of benzene rings is 2. The van der Waals surface area contributed by atoms with Crippen molar-refractivity contribution in [2.45, 2.75) is 38.6 Å². The zero-order valence-corrected chi connectivity index (χ0v) is 15.5. The van der Waals surface area contributed by atoms with Crippen LogP contribution in [0.5, 0.6) is 5.75 Å². The third-order valence-corrected chi connectivity index (χ3v) is 5.38. The molecule has 1 aliphatic rings. The number of amides is 1. The minimum Gasteiger partial charge on any atom is -0.505 e. The van der Waals surface area contributed by atoms with Gasteiger partial charge in [0.15, 0.2) is 11.6 Å². The molecule has 0 bridgehead atoms. The normalized spacial score (nSPS) is 15.7. The van der Waals surface area contributed by atoms with Crippen molar-refractivity contribution in [3.63, 3.8) is 0 Å². The fraction of sp³-hybridized carbons (Fsp3) is 0.409.